The number of hydrogen-bond donors (Lipinski definition) is 2. The van der Waals surface area contributed by atoms with Crippen molar-refractivity contribution in [1.82, 2.24) is 15.0 Å². The first-order valence-corrected chi connectivity index (χ1v) is 5.88. The molecule has 20 heavy (non-hydrogen) atoms. The van der Waals surface area contributed by atoms with Crippen molar-refractivity contribution in [3.8, 4) is 0 Å². The molecular formula is C13H11N5O2. The highest BCUT2D eigenvalue weighted by molar-refractivity contribution is 5.76. The van der Waals surface area contributed by atoms with E-state index in [-0.39, 0.29) is 5.70 Å². The SMILES string of the molecule is N[N+]1(C(=O)[O-])C=CC=CC=C1c1nc2ncccc2[nH]1. The minimum Gasteiger partial charge on any atom is -0.496 e. The number of amides is 1. The van der Waals surface area contributed by atoms with E-state index < -0.39 is 10.7 Å². The Kier molecular flexibility index (Phi) is 2.70. The number of carbonyl (C=O) groups is 1. The van der Waals surface area contributed by atoms with Crippen molar-refractivity contribution in [2.45, 2.75) is 0 Å². The summed E-state index contributed by atoms with van der Waals surface area (Å²) in [5.74, 6) is 6.23. The maximum atomic E-state index is 11.4. The van der Waals surface area contributed by atoms with Gasteiger partial charge in [-0.2, -0.15) is 5.84 Å². The van der Waals surface area contributed by atoms with Crippen LogP contribution in [0.25, 0.3) is 16.9 Å². The van der Waals surface area contributed by atoms with E-state index in [1.807, 2.05) is 0 Å². The maximum Gasteiger partial charge on any atom is 0.288 e. The first-order valence-electron chi connectivity index (χ1n) is 5.88. The molecule has 2 aromatic rings. The van der Waals surface area contributed by atoms with Crippen molar-refractivity contribution in [3.05, 3.63) is 54.7 Å². The molecule has 1 atom stereocenters. The minimum atomic E-state index is -1.45. The van der Waals surface area contributed by atoms with Crippen molar-refractivity contribution in [3.63, 3.8) is 0 Å². The van der Waals surface area contributed by atoms with E-state index in [1.54, 1.807) is 42.6 Å². The summed E-state index contributed by atoms with van der Waals surface area (Å²) in [6.07, 6.45) is 7.94. The van der Waals surface area contributed by atoms with Gasteiger partial charge in [0.15, 0.2) is 11.5 Å². The van der Waals surface area contributed by atoms with Crippen LogP contribution in [-0.2, 0) is 0 Å². The first kappa shape index (κ1) is 12.3. The molecule has 2 aromatic heterocycles. The number of nitrogens with two attached hydrogens (primary N) is 1. The zero-order valence-electron chi connectivity index (χ0n) is 10.4. The Hall–Kier alpha value is -2.77. The van der Waals surface area contributed by atoms with Crippen molar-refractivity contribution in [1.29, 1.82) is 0 Å². The number of hydrogen-bond acceptors (Lipinski definition) is 5. The molecule has 1 amide bonds. The number of carboxylic acid groups (broad SMARTS) is 1. The lowest BCUT2D eigenvalue weighted by molar-refractivity contribution is -0.769. The number of allylic oxidation sites excluding steroid dienone is 4. The Morgan fingerprint density at radius 1 is 1.35 bits per heavy atom. The number of aromatic amines is 1. The second-order valence-electron chi connectivity index (χ2n) is 4.28. The van der Waals surface area contributed by atoms with Crippen LogP contribution in [0, 0.1) is 0 Å². The van der Waals surface area contributed by atoms with Gasteiger partial charge in [-0.3, -0.25) is 0 Å². The van der Waals surface area contributed by atoms with Gasteiger partial charge in [0.25, 0.3) is 6.09 Å². The number of imidazole rings is 1. The predicted molar refractivity (Wildman–Crippen MR) is 70.0 cm³/mol. The van der Waals surface area contributed by atoms with Gasteiger partial charge in [0.05, 0.1) is 5.52 Å². The van der Waals surface area contributed by atoms with Gasteiger partial charge in [-0.15, -0.1) is 4.59 Å². The van der Waals surface area contributed by atoms with E-state index in [4.69, 9.17) is 5.84 Å². The summed E-state index contributed by atoms with van der Waals surface area (Å²) in [5.41, 5.74) is 1.45. The monoisotopic (exact) mass is 269 g/mol. The van der Waals surface area contributed by atoms with Gasteiger partial charge in [0, 0.05) is 12.3 Å². The molecule has 7 nitrogen and oxygen atoms in total. The average Bonchev–Trinajstić information content (AvgIpc) is 2.75. The van der Waals surface area contributed by atoms with Gasteiger partial charge >= 0.3 is 0 Å². The molecular weight excluding hydrogens is 258 g/mol. The molecule has 0 saturated carbocycles. The summed E-state index contributed by atoms with van der Waals surface area (Å²) < 4.78 is -0.993. The van der Waals surface area contributed by atoms with Crippen LogP contribution >= 0.6 is 0 Å². The summed E-state index contributed by atoms with van der Waals surface area (Å²) in [5, 5.41) is 11.4. The molecule has 1 aliphatic rings. The number of H-pyrrole nitrogens is 1. The van der Waals surface area contributed by atoms with Crippen molar-refractivity contribution in [2.24, 2.45) is 5.84 Å². The third kappa shape index (κ3) is 1.81. The van der Waals surface area contributed by atoms with Crippen LogP contribution in [0.5, 0.6) is 0 Å². The zero-order chi connectivity index (χ0) is 14.2. The van der Waals surface area contributed by atoms with Gasteiger partial charge in [-0.05, 0) is 18.2 Å². The summed E-state index contributed by atoms with van der Waals surface area (Å²) in [7, 11) is 0. The molecule has 100 valence electrons. The van der Waals surface area contributed by atoms with Crippen LogP contribution in [-0.4, -0.2) is 25.6 Å². The second kappa shape index (κ2) is 4.41. The van der Waals surface area contributed by atoms with Gasteiger partial charge < -0.3 is 14.9 Å². The van der Waals surface area contributed by atoms with Gasteiger partial charge in [0.1, 0.15) is 6.20 Å². The van der Waals surface area contributed by atoms with Crippen LogP contribution in [0.4, 0.5) is 4.79 Å². The fourth-order valence-corrected chi connectivity index (χ4v) is 1.98. The number of pyridine rings is 1. The lowest BCUT2D eigenvalue weighted by Gasteiger charge is -2.27. The van der Waals surface area contributed by atoms with Gasteiger partial charge in [-0.1, -0.05) is 12.2 Å². The van der Waals surface area contributed by atoms with E-state index in [1.165, 1.54) is 6.20 Å². The number of aromatic nitrogens is 3. The molecule has 0 spiro atoms. The van der Waals surface area contributed by atoms with Crippen LogP contribution in [0.15, 0.2) is 48.8 Å². The lowest BCUT2D eigenvalue weighted by atomic mass is 10.3. The minimum absolute atomic E-state index is 0.257. The number of nitrogens with zero attached hydrogens (tertiary/aromatic N) is 3. The molecule has 0 aliphatic carbocycles. The van der Waals surface area contributed by atoms with E-state index in [0.717, 1.165) is 0 Å². The van der Waals surface area contributed by atoms with E-state index >= 15 is 0 Å². The normalized spacial score (nSPS) is 21.8. The quantitative estimate of drug-likeness (QED) is 0.443. The number of carbonyl (C=O) groups excluding carboxylic acids is 1. The van der Waals surface area contributed by atoms with E-state index in [0.29, 0.717) is 17.0 Å². The van der Waals surface area contributed by atoms with Crippen molar-refractivity contribution >= 4 is 23.0 Å². The van der Waals surface area contributed by atoms with Crippen molar-refractivity contribution < 1.29 is 14.5 Å². The Balaban J connectivity index is 2.19. The van der Waals surface area contributed by atoms with Crippen molar-refractivity contribution in [2.75, 3.05) is 0 Å². The molecule has 0 fully saturated rings. The summed E-state index contributed by atoms with van der Waals surface area (Å²) in [4.78, 5) is 22.8. The fraction of sp³-hybridized carbons (Fsp3) is 0. The summed E-state index contributed by atoms with van der Waals surface area (Å²) in [6.45, 7) is 0. The maximum absolute atomic E-state index is 11.4. The topological polar surface area (TPSA) is 108 Å². The molecule has 0 radical (unpaired) electrons. The fourth-order valence-electron chi connectivity index (χ4n) is 1.98. The van der Waals surface area contributed by atoms with Gasteiger partial charge in [0.2, 0.25) is 5.70 Å². The second-order valence-corrected chi connectivity index (χ2v) is 4.28. The molecule has 3 rings (SSSR count). The molecule has 3 heterocycles. The van der Waals surface area contributed by atoms with Crippen LogP contribution in [0.2, 0.25) is 0 Å². The average molecular weight is 269 g/mol. The van der Waals surface area contributed by atoms with E-state index in [2.05, 4.69) is 15.0 Å². The Bertz CT molecular complexity index is 741. The third-order valence-corrected chi connectivity index (χ3v) is 3.00. The number of rotatable bonds is 1. The Morgan fingerprint density at radius 3 is 2.95 bits per heavy atom. The lowest BCUT2D eigenvalue weighted by Crippen LogP contribution is -2.58. The first-order chi connectivity index (χ1) is 9.61. The highest BCUT2D eigenvalue weighted by atomic mass is 16.4. The highest BCUT2D eigenvalue weighted by Gasteiger charge is 2.33. The molecule has 0 aromatic carbocycles. The van der Waals surface area contributed by atoms with E-state index in [9.17, 15) is 9.90 Å². The van der Waals surface area contributed by atoms with Crippen LogP contribution in [0.1, 0.15) is 5.82 Å². The molecule has 0 bridgehead atoms. The summed E-state index contributed by atoms with van der Waals surface area (Å²) >= 11 is 0. The van der Waals surface area contributed by atoms with Gasteiger partial charge in [-0.25, -0.2) is 9.97 Å². The number of nitrogens with one attached hydrogen (secondary N) is 1. The highest BCUT2D eigenvalue weighted by Crippen LogP contribution is 2.25. The Labute approximate surface area is 113 Å². The molecule has 1 unspecified atom stereocenters. The Morgan fingerprint density at radius 2 is 2.20 bits per heavy atom. The zero-order valence-corrected chi connectivity index (χ0v) is 10.4. The molecule has 1 aliphatic heterocycles. The molecule has 0 saturated heterocycles. The molecule has 7 heteroatoms. The standard InChI is InChI=1S/C13H11N5O2/c14-18(13(19)20)8-3-1-2-6-10(18)12-16-9-5-4-7-15-11(9)17-12/h1-8H,14H2,(H-,15,16,17,19,20). The number of fused-ring (bicyclic) bond motifs is 1. The largest absolute Gasteiger partial charge is 0.496 e. The smallest absolute Gasteiger partial charge is 0.288 e. The third-order valence-electron chi connectivity index (χ3n) is 3.00. The molecule has 3 N–H and O–H groups in total. The number of quaternary nitrogens is 1. The van der Waals surface area contributed by atoms with Crippen LogP contribution < -0.4 is 10.9 Å². The predicted octanol–water partition coefficient (Wildman–Crippen LogP) is 0.416. The summed E-state index contributed by atoms with van der Waals surface area (Å²) in [6, 6.07) is 3.56. The van der Waals surface area contributed by atoms with Crippen LogP contribution in [0.3, 0.4) is 0 Å².